The highest BCUT2D eigenvalue weighted by Gasteiger charge is 2.02. The molecule has 0 spiro atoms. The van der Waals surface area contributed by atoms with Gasteiger partial charge in [-0.1, -0.05) is 48.0 Å². The zero-order valence-corrected chi connectivity index (χ0v) is 14.8. The van der Waals surface area contributed by atoms with Gasteiger partial charge < -0.3 is 0 Å². The molecule has 4 rings (SSSR count). The van der Waals surface area contributed by atoms with Gasteiger partial charge in [-0.25, -0.2) is 0 Å². The van der Waals surface area contributed by atoms with Crippen molar-refractivity contribution in [1.29, 1.82) is 0 Å². The summed E-state index contributed by atoms with van der Waals surface area (Å²) in [4.78, 5) is 0. The second kappa shape index (κ2) is 6.96. The third-order valence-corrected chi connectivity index (χ3v) is 4.38. The van der Waals surface area contributed by atoms with Crippen LogP contribution in [-0.4, -0.2) is 20.4 Å². The number of rotatable bonds is 2. The molecule has 118 valence electrons. The number of hydrogen-bond acceptors (Lipinski definition) is 2. The van der Waals surface area contributed by atoms with E-state index in [1.165, 1.54) is 27.4 Å². The predicted octanol–water partition coefficient (Wildman–Crippen LogP) is 5.01. The van der Waals surface area contributed by atoms with Crippen LogP contribution in [0.3, 0.4) is 0 Å². The van der Waals surface area contributed by atoms with Crippen LogP contribution in [0.15, 0.2) is 47.2 Å². The molecule has 0 aliphatic rings. The summed E-state index contributed by atoms with van der Waals surface area (Å²) in [6.45, 7) is 4.29. The smallest absolute Gasteiger partial charge is 0.0682 e. The zero-order chi connectivity index (χ0) is 16.2. The molecule has 0 unspecified atom stereocenters. The third kappa shape index (κ3) is 3.29. The van der Waals surface area contributed by atoms with Crippen molar-refractivity contribution >= 4 is 37.7 Å². The maximum Gasteiger partial charge on any atom is 0.0682 e. The van der Waals surface area contributed by atoms with Gasteiger partial charge in [-0.2, -0.15) is 10.2 Å². The Morgan fingerprint density at radius 1 is 0.870 bits per heavy atom. The molecule has 5 heteroatoms. The minimum absolute atomic E-state index is 1.03. The molecule has 0 amide bonds. The standard InChI is InChI=1S/C9H9BrN2.C9H10N2/c1-2-6-3-8(10)4-7-5-11-12-9(6)7;1-2-7-4-3-5-8-6-10-11-9(7)8/h3-5H,2H2,1H3,(H,11,12);3-6H,2H2,1H3,(H,10,11). The number of aryl methyl sites for hydroxylation is 2. The monoisotopic (exact) mass is 370 g/mol. The van der Waals surface area contributed by atoms with E-state index in [0.29, 0.717) is 0 Å². The summed E-state index contributed by atoms with van der Waals surface area (Å²) in [6.07, 6.45) is 5.78. The summed E-state index contributed by atoms with van der Waals surface area (Å²) in [5, 5.41) is 16.3. The summed E-state index contributed by atoms with van der Waals surface area (Å²) in [7, 11) is 0. The van der Waals surface area contributed by atoms with Gasteiger partial charge in [0.1, 0.15) is 0 Å². The predicted molar refractivity (Wildman–Crippen MR) is 98.6 cm³/mol. The molecule has 0 saturated heterocycles. The first-order valence-electron chi connectivity index (χ1n) is 7.75. The second-order valence-electron chi connectivity index (χ2n) is 5.36. The quantitative estimate of drug-likeness (QED) is 0.520. The Bertz CT molecular complexity index is 923. The van der Waals surface area contributed by atoms with Crippen molar-refractivity contribution in [3.8, 4) is 0 Å². The number of hydrogen-bond donors (Lipinski definition) is 2. The van der Waals surface area contributed by atoms with Crippen molar-refractivity contribution in [2.75, 3.05) is 0 Å². The van der Waals surface area contributed by atoms with Gasteiger partial charge in [-0.3, -0.25) is 10.2 Å². The normalized spacial score (nSPS) is 10.7. The first-order chi connectivity index (χ1) is 11.2. The van der Waals surface area contributed by atoms with Gasteiger partial charge in [0.2, 0.25) is 0 Å². The number of nitrogens with one attached hydrogen (secondary N) is 2. The van der Waals surface area contributed by atoms with Crippen LogP contribution in [0, 0.1) is 0 Å². The van der Waals surface area contributed by atoms with Gasteiger partial charge in [0.25, 0.3) is 0 Å². The molecule has 2 aromatic heterocycles. The van der Waals surface area contributed by atoms with Crippen LogP contribution < -0.4 is 0 Å². The van der Waals surface area contributed by atoms with Crippen molar-refractivity contribution in [3.63, 3.8) is 0 Å². The van der Waals surface area contributed by atoms with Crippen LogP contribution in [0.1, 0.15) is 25.0 Å². The van der Waals surface area contributed by atoms with Gasteiger partial charge in [0.15, 0.2) is 0 Å². The molecule has 4 nitrogen and oxygen atoms in total. The number of H-pyrrole nitrogens is 2. The van der Waals surface area contributed by atoms with Crippen LogP contribution >= 0.6 is 15.9 Å². The molecule has 23 heavy (non-hydrogen) atoms. The van der Waals surface area contributed by atoms with Crippen LogP contribution in [0.25, 0.3) is 21.8 Å². The number of halogens is 1. The van der Waals surface area contributed by atoms with Crippen LogP contribution in [0.4, 0.5) is 0 Å². The number of nitrogens with zero attached hydrogens (tertiary/aromatic N) is 2. The maximum absolute atomic E-state index is 4.01. The average molecular weight is 371 g/mol. The van der Waals surface area contributed by atoms with E-state index < -0.39 is 0 Å². The largest absolute Gasteiger partial charge is 0.278 e. The van der Waals surface area contributed by atoms with Crippen molar-refractivity contribution in [1.82, 2.24) is 20.4 Å². The van der Waals surface area contributed by atoms with Crippen molar-refractivity contribution in [2.45, 2.75) is 26.7 Å². The summed E-state index contributed by atoms with van der Waals surface area (Å²) in [5.74, 6) is 0. The number of benzene rings is 2. The summed E-state index contributed by atoms with van der Waals surface area (Å²) < 4.78 is 1.12. The van der Waals surface area contributed by atoms with E-state index in [2.05, 4.69) is 80.5 Å². The minimum atomic E-state index is 1.03. The molecule has 0 bridgehead atoms. The summed E-state index contributed by atoms with van der Waals surface area (Å²) >= 11 is 3.47. The average Bonchev–Trinajstić information content (AvgIpc) is 3.22. The summed E-state index contributed by atoms with van der Waals surface area (Å²) in [5.41, 5.74) is 4.97. The number of para-hydroxylation sites is 1. The van der Waals surface area contributed by atoms with Gasteiger partial charge in [-0.05, 0) is 36.1 Å². The van der Waals surface area contributed by atoms with Crippen LogP contribution in [0.2, 0.25) is 0 Å². The Balaban J connectivity index is 0.000000136. The zero-order valence-electron chi connectivity index (χ0n) is 13.2. The molecule has 2 heterocycles. The molecular weight excluding hydrogens is 352 g/mol. The van der Waals surface area contributed by atoms with Crippen LogP contribution in [-0.2, 0) is 12.8 Å². The van der Waals surface area contributed by atoms with E-state index in [-0.39, 0.29) is 0 Å². The SMILES string of the molecule is CCc1cc(Br)cc2cn[nH]c12.CCc1cccc2cn[nH]c12. The van der Waals surface area contributed by atoms with Gasteiger partial charge in [0.05, 0.1) is 23.4 Å². The Hall–Kier alpha value is -2.14. The molecule has 4 aromatic rings. The molecule has 0 aliphatic carbocycles. The Kier molecular flexibility index (Phi) is 4.76. The Morgan fingerprint density at radius 2 is 1.52 bits per heavy atom. The van der Waals surface area contributed by atoms with Gasteiger partial charge in [-0.15, -0.1) is 0 Å². The highest BCUT2D eigenvalue weighted by Crippen LogP contribution is 2.22. The topological polar surface area (TPSA) is 57.4 Å². The first-order valence-corrected chi connectivity index (χ1v) is 8.54. The fourth-order valence-electron chi connectivity index (χ4n) is 2.69. The molecular formula is C18H19BrN4. The molecule has 0 fully saturated rings. The molecule has 0 atom stereocenters. The number of aromatic amines is 2. The number of fused-ring (bicyclic) bond motifs is 2. The van der Waals surface area contributed by atoms with E-state index in [0.717, 1.165) is 22.8 Å². The molecule has 0 saturated carbocycles. The fourth-order valence-corrected chi connectivity index (χ4v) is 3.22. The van der Waals surface area contributed by atoms with E-state index in [1.54, 1.807) is 0 Å². The fraction of sp³-hybridized carbons (Fsp3) is 0.222. The van der Waals surface area contributed by atoms with E-state index >= 15 is 0 Å². The lowest BCUT2D eigenvalue weighted by Crippen LogP contribution is -1.82. The lowest BCUT2D eigenvalue weighted by atomic mass is 10.1. The molecule has 2 aromatic carbocycles. The van der Waals surface area contributed by atoms with Crippen molar-refractivity contribution in [3.05, 3.63) is 58.3 Å². The highest BCUT2D eigenvalue weighted by atomic mass is 79.9. The van der Waals surface area contributed by atoms with Crippen LogP contribution in [0.5, 0.6) is 0 Å². The first kappa shape index (κ1) is 15.7. The van der Waals surface area contributed by atoms with E-state index in [1.807, 2.05) is 12.4 Å². The summed E-state index contributed by atoms with van der Waals surface area (Å²) in [6, 6.07) is 10.5. The lowest BCUT2D eigenvalue weighted by Gasteiger charge is -1.99. The van der Waals surface area contributed by atoms with E-state index in [4.69, 9.17) is 0 Å². The molecule has 0 radical (unpaired) electrons. The minimum Gasteiger partial charge on any atom is -0.278 e. The van der Waals surface area contributed by atoms with Gasteiger partial charge >= 0.3 is 0 Å². The number of aromatic nitrogens is 4. The Morgan fingerprint density at radius 3 is 2.22 bits per heavy atom. The highest BCUT2D eigenvalue weighted by molar-refractivity contribution is 9.10. The Labute approximate surface area is 143 Å². The van der Waals surface area contributed by atoms with Crippen molar-refractivity contribution in [2.24, 2.45) is 0 Å². The molecule has 0 aliphatic heterocycles. The second-order valence-corrected chi connectivity index (χ2v) is 6.27. The molecule has 2 N–H and O–H groups in total. The van der Waals surface area contributed by atoms with E-state index in [9.17, 15) is 0 Å². The van der Waals surface area contributed by atoms with Crippen molar-refractivity contribution < 1.29 is 0 Å². The third-order valence-electron chi connectivity index (χ3n) is 3.92. The maximum atomic E-state index is 4.01. The lowest BCUT2D eigenvalue weighted by molar-refractivity contribution is 1.09. The van der Waals surface area contributed by atoms with Gasteiger partial charge in [0, 0.05) is 15.2 Å².